The number of allylic oxidation sites excluding steroid dienone is 1. The minimum Gasteiger partial charge on any atom is -0.356 e. The minimum atomic E-state index is -0.531. The smallest absolute Gasteiger partial charge is 0.185 e. The average Bonchev–Trinajstić information content (AvgIpc) is 2.97. The third kappa shape index (κ3) is 1.93. The van der Waals surface area contributed by atoms with Crippen molar-refractivity contribution in [3.05, 3.63) is 23.0 Å². The van der Waals surface area contributed by atoms with E-state index in [4.69, 9.17) is 9.47 Å². The first-order valence-corrected chi connectivity index (χ1v) is 6.56. The Labute approximate surface area is 112 Å². The van der Waals surface area contributed by atoms with Gasteiger partial charge < -0.3 is 14.4 Å². The first kappa shape index (κ1) is 12.6. The van der Waals surface area contributed by atoms with Gasteiger partial charge in [0.2, 0.25) is 0 Å². The van der Waals surface area contributed by atoms with E-state index in [0.29, 0.717) is 11.6 Å². The van der Waals surface area contributed by atoms with Gasteiger partial charge in [0, 0.05) is 38.8 Å². The summed E-state index contributed by atoms with van der Waals surface area (Å²) in [4.78, 5) is 18.2. The number of ether oxygens (including phenoxy) is 2. The molecule has 1 atom stereocenters. The maximum Gasteiger partial charge on any atom is 0.185 e. The van der Waals surface area contributed by atoms with Gasteiger partial charge in [-0.3, -0.25) is 4.79 Å². The zero-order valence-electron chi connectivity index (χ0n) is 11.3. The summed E-state index contributed by atoms with van der Waals surface area (Å²) in [6.07, 6.45) is 4.31. The summed E-state index contributed by atoms with van der Waals surface area (Å²) in [5.74, 6) is 1.60. The Morgan fingerprint density at radius 1 is 1.47 bits per heavy atom. The van der Waals surface area contributed by atoms with Crippen LogP contribution in [0, 0.1) is 5.92 Å². The molecule has 0 spiro atoms. The zero-order chi connectivity index (χ0) is 13.4. The summed E-state index contributed by atoms with van der Waals surface area (Å²) in [6, 6.07) is 0. The highest BCUT2D eigenvalue weighted by molar-refractivity contribution is 6.36. The molecule has 3 heterocycles. The van der Waals surface area contributed by atoms with Crippen molar-refractivity contribution in [3.63, 3.8) is 0 Å². The van der Waals surface area contributed by atoms with E-state index in [2.05, 4.69) is 9.89 Å². The molecule has 0 saturated carbocycles. The largest absolute Gasteiger partial charge is 0.356 e. The highest BCUT2D eigenvalue weighted by Gasteiger charge is 2.38. The third-order valence-corrected chi connectivity index (χ3v) is 4.13. The average molecular weight is 262 g/mol. The lowest BCUT2D eigenvalue weighted by atomic mass is 9.95. The number of hydrogen-bond acceptors (Lipinski definition) is 5. The Morgan fingerprint density at radius 3 is 2.95 bits per heavy atom. The van der Waals surface area contributed by atoms with Gasteiger partial charge in [0.25, 0.3) is 0 Å². The van der Waals surface area contributed by atoms with Crippen LogP contribution in [0.4, 0.5) is 0 Å². The molecule has 0 aliphatic carbocycles. The summed E-state index contributed by atoms with van der Waals surface area (Å²) in [7, 11) is 3.13. The quantitative estimate of drug-likeness (QED) is 0.563. The molecule has 5 heteroatoms. The molecule has 0 aromatic carbocycles. The van der Waals surface area contributed by atoms with Crippen LogP contribution in [0.15, 0.2) is 28.0 Å². The third-order valence-electron chi connectivity index (χ3n) is 4.13. The Morgan fingerprint density at radius 2 is 2.26 bits per heavy atom. The summed E-state index contributed by atoms with van der Waals surface area (Å²) in [5.41, 5.74) is 2.51. The van der Waals surface area contributed by atoms with Crippen molar-refractivity contribution in [2.75, 3.05) is 27.3 Å². The van der Waals surface area contributed by atoms with Crippen LogP contribution in [0.25, 0.3) is 0 Å². The van der Waals surface area contributed by atoms with Crippen LogP contribution < -0.4 is 0 Å². The number of aliphatic imine (C=N–C) groups is 1. The van der Waals surface area contributed by atoms with Crippen molar-refractivity contribution < 1.29 is 14.3 Å². The topological polar surface area (TPSA) is 51.1 Å². The Bertz CT molecular complexity index is 489. The zero-order valence-corrected chi connectivity index (χ0v) is 11.3. The summed E-state index contributed by atoms with van der Waals surface area (Å²) in [6.45, 7) is 2.11. The van der Waals surface area contributed by atoms with Crippen LogP contribution in [0.2, 0.25) is 0 Å². The number of methoxy groups -OCH3 is 2. The molecule has 5 nitrogen and oxygen atoms in total. The molecule has 0 radical (unpaired) electrons. The predicted octanol–water partition coefficient (Wildman–Crippen LogP) is 1.12. The number of rotatable bonds is 4. The number of hydrogen-bond donors (Lipinski definition) is 0. The number of carbonyl (C=O) groups excluding carboxylic acids is 1. The number of fused-ring (bicyclic) bond motifs is 4. The van der Waals surface area contributed by atoms with Crippen molar-refractivity contribution in [2.24, 2.45) is 10.9 Å². The van der Waals surface area contributed by atoms with Gasteiger partial charge in [0.15, 0.2) is 12.6 Å². The first-order valence-electron chi connectivity index (χ1n) is 6.56. The van der Waals surface area contributed by atoms with Gasteiger partial charge in [-0.05, 0) is 18.4 Å². The van der Waals surface area contributed by atoms with E-state index >= 15 is 0 Å². The van der Waals surface area contributed by atoms with E-state index in [1.54, 1.807) is 14.2 Å². The lowest BCUT2D eigenvalue weighted by Crippen LogP contribution is -2.24. The SMILES string of the molecule is COC(OC)C1=CCC2=C(N=C1C=O)N1CCC2C1. The molecule has 3 aliphatic rings. The lowest BCUT2D eigenvalue weighted by Gasteiger charge is -2.18. The molecule has 1 fully saturated rings. The minimum absolute atomic E-state index is 0.422. The number of aldehydes is 1. The molecule has 0 N–H and O–H groups in total. The Kier molecular flexibility index (Phi) is 3.24. The van der Waals surface area contributed by atoms with E-state index in [0.717, 1.165) is 37.2 Å². The summed E-state index contributed by atoms with van der Waals surface area (Å²) < 4.78 is 10.5. The van der Waals surface area contributed by atoms with E-state index in [-0.39, 0.29) is 0 Å². The van der Waals surface area contributed by atoms with Crippen molar-refractivity contribution in [1.29, 1.82) is 0 Å². The molecule has 0 aromatic heterocycles. The second-order valence-electron chi connectivity index (χ2n) is 5.06. The van der Waals surface area contributed by atoms with Crippen molar-refractivity contribution in [2.45, 2.75) is 19.1 Å². The fourth-order valence-electron chi connectivity index (χ4n) is 3.19. The molecule has 102 valence electrons. The van der Waals surface area contributed by atoms with Crippen LogP contribution in [0.1, 0.15) is 12.8 Å². The molecule has 19 heavy (non-hydrogen) atoms. The monoisotopic (exact) mass is 262 g/mol. The standard InChI is InChI=1S/C14H18N2O3/c1-18-14(19-2)11-4-3-10-9-5-6-16(7-9)13(10)15-12(11)8-17/h4,8-9,14H,3,5-7H2,1-2H3. The lowest BCUT2D eigenvalue weighted by molar-refractivity contribution is -0.103. The van der Waals surface area contributed by atoms with Gasteiger partial charge in [-0.2, -0.15) is 0 Å². The molecule has 1 unspecified atom stereocenters. The van der Waals surface area contributed by atoms with Gasteiger partial charge >= 0.3 is 0 Å². The molecule has 0 amide bonds. The number of carbonyl (C=O) groups is 1. The molecule has 3 aliphatic heterocycles. The van der Waals surface area contributed by atoms with Crippen molar-refractivity contribution in [3.8, 4) is 0 Å². The fourth-order valence-corrected chi connectivity index (χ4v) is 3.19. The summed E-state index contributed by atoms with van der Waals surface area (Å²) >= 11 is 0. The molecule has 2 bridgehead atoms. The summed E-state index contributed by atoms with van der Waals surface area (Å²) in [5, 5.41) is 0. The van der Waals surface area contributed by atoms with E-state index in [9.17, 15) is 4.79 Å². The van der Waals surface area contributed by atoms with Gasteiger partial charge in [-0.25, -0.2) is 4.99 Å². The highest BCUT2D eigenvalue weighted by atomic mass is 16.7. The van der Waals surface area contributed by atoms with Crippen LogP contribution in [0.5, 0.6) is 0 Å². The van der Waals surface area contributed by atoms with Crippen LogP contribution in [-0.4, -0.2) is 50.5 Å². The molecule has 1 saturated heterocycles. The van der Waals surface area contributed by atoms with Crippen LogP contribution >= 0.6 is 0 Å². The Balaban J connectivity index is 1.97. The second kappa shape index (κ2) is 4.90. The van der Waals surface area contributed by atoms with E-state index < -0.39 is 6.29 Å². The van der Waals surface area contributed by atoms with Gasteiger partial charge in [-0.15, -0.1) is 0 Å². The van der Waals surface area contributed by atoms with Crippen molar-refractivity contribution >= 4 is 12.0 Å². The predicted molar refractivity (Wildman–Crippen MR) is 70.7 cm³/mol. The van der Waals surface area contributed by atoms with Gasteiger partial charge in [-0.1, -0.05) is 6.08 Å². The maximum atomic E-state index is 11.3. The molecular formula is C14H18N2O3. The molecular weight excluding hydrogens is 244 g/mol. The molecule has 3 rings (SSSR count). The van der Waals surface area contributed by atoms with Gasteiger partial charge in [0.05, 0.1) is 0 Å². The van der Waals surface area contributed by atoms with Crippen molar-refractivity contribution in [1.82, 2.24) is 4.90 Å². The second-order valence-corrected chi connectivity index (χ2v) is 5.06. The van der Waals surface area contributed by atoms with Gasteiger partial charge in [0.1, 0.15) is 11.5 Å². The fraction of sp³-hybridized carbons (Fsp3) is 0.571. The van der Waals surface area contributed by atoms with Crippen LogP contribution in [0.3, 0.4) is 0 Å². The maximum absolute atomic E-state index is 11.3. The van der Waals surface area contributed by atoms with E-state index in [1.807, 2.05) is 6.08 Å². The highest BCUT2D eigenvalue weighted by Crippen LogP contribution is 2.41. The van der Waals surface area contributed by atoms with Crippen LogP contribution in [-0.2, 0) is 14.3 Å². The number of nitrogens with zero attached hydrogens (tertiary/aromatic N) is 2. The Hall–Kier alpha value is -1.46. The van der Waals surface area contributed by atoms with E-state index in [1.165, 1.54) is 12.0 Å². The first-order chi connectivity index (χ1) is 9.28. The molecule has 0 aromatic rings. The normalized spacial score (nSPS) is 25.4.